The summed E-state index contributed by atoms with van der Waals surface area (Å²) in [7, 11) is 0. The molecule has 4 atom stereocenters. The first-order valence-corrected chi connectivity index (χ1v) is 22.4. The second kappa shape index (κ2) is 19.9. The Morgan fingerprint density at radius 1 is 0.476 bits per heavy atom. The highest BCUT2D eigenvalue weighted by Gasteiger charge is 2.49. The fourth-order valence-corrected chi connectivity index (χ4v) is 8.64. The molecule has 2 amide bonds. The zero-order valence-electron chi connectivity index (χ0n) is 35.2. The first-order valence-electron chi connectivity index (χ1n) is 21.3. The summed E-state index contributed by atoms with van der Waals surface area (Å²) in [6.07, 6.45) is -0.828. The van der Waals surface area contributed by atoms with Crippen LogP contribution >= 0.6 is 22.6 Å². The number of carbonyl (C=O) groups excluding carboxylic acids is 2. The molecule has 2 aliphatic heterocycles. The van der Waals surface area contributed by atoms with E-state index in [9.17, 15) is 9.59 Å². The van der Waals surface area contributed by atoms with Crippen molar-refractivity contribution in [3.05, 3.63) is 243 Å². The highest BCUT2D eigenvalue weighted by Crippen LogP contribution is 2.40. The third-order valence-electron chi connectivity index (χ3n) is 11.4. The summed E-state index contributed by atoms with van der Waals surface area (Å²) >= 11 is 2.32. The number of nitrogens with one attached hydrogen (secondary N) is 4. The summed E-state index contributed by atoms with van der Waals surface area (Å²) < 4.78 is 13.3. The Labute approximate surface area is 383 Å². The molecule has 63 heavy (non-hydrogen) atoms. The molecule has 0 saturated carbocycles. The molecule has 0 spiro atoms. The summed E-state index contributed by atoms with van der Waals surface area (Å²) in [5, 5.41) is 13.2. The van der Waals surface area contributed by atoms with Gasteiger partial charge in [-0.25, -0.2) is 0 Å². The van der Waals surface area contributed by atoms with Crippen LogP contribution in [0.3, 0.4) is 0 Å². The highest BCUT2D eigenvalue weighted by atomic mass is 127. The van der Waals surface area contributed by atoms with Crippen molar-refractivity contribution < 1.29 is 19.1 Å². The Bertz CT molecular complexity index is 2400. The van der Waals surface area contributed by atoms with Crippen molar-refractivity contribution in [2.24, 2.45) is 5.92 Å². The van der Waals surface area contributed by atoms with Crippen LogP contribution in [0.2, 0.25) is 0 Å². The highest BCUT2D eigenvalue weighted by molar-refractivity contribution is 14.1. The van der Waals surface area contributed by atoms with Gasteiger partial charge in [0.1, 0.15) is 17.8 Å². The second-order valence-electron chi connectivity index (χ2n) is 16.1. The molecule has 0 aliphatic carbocycles. The van der Waals surface area contributed by atoms with E-state index in [1.54, 1.807) is 0 Å². The Morgan fingerprint density at radius 3 is 1.14 bits per heavy atom. The quantitative estimate of drug-likeness (QED) is 0.0465. The number of ether oxygens (including phenoxy) is 2. The Morgan fingerprint density at radius 2 is 0.794 bits per heavy atom. The van der Waals surface area contributed by atoms with Crippen LogP contribution in [0.15, 0.2) is 206 Å². The van der Waals surface area contributed by atoms with Crippen LogP contribution in [-0.4, -0.2) is 43.0 Å². The van der Waals surface area contributed by atoms with E-state index in [1.807, 2.05) is 121 Å². The topological polar surface area (TPSA) is 101 Å². The normalized spacial score (nSPS) is 18.2. The first-order chi connectivity index (χ1) is 30.8. The molecule has 7 aromatic carbocycles. The molecule has 7 aromatic rings. The lowest BCUT2D eigenvalue weighted by molar-refractivity contribution is -0.149. The lowest BCUT2D eigenvalue weighted by Gasteiger charge is -2.45. The molecule has 2 fully saturated rings. The van der Waals surface area contributed by atoms with Gasteiger partial charge in [0, 0.05) is 3.57 Å². The number of rotatable bonds is 15. The fourth-order valence-electron chi connectivity index (χ4n) is 8.28. The molecule has 318 valence electrons. The SMILES string of the molecule is CC(C)CO[C@H]1NC(=O)[C@H]1NC(c1ccccc1)(c1ccccc1)c1ccc(I)cc1.O=C1N[C@@H](Oc2ccccc2)[C@@H]1NC(c1ccccc1)(c1ccccc1)c1ccccc1. The van der Waals surface area contributed by atoms with Crippen LogP contribution in [0.5, 0.6) is 5.75 Å². The number of halogens is 1. The van der Waals surface area contributed by atoms with Crippen molar-refractivity contribution >= 4 is 34.4 Å². The van der Waals surface area contributed by atoms with Gasteiger partial charge in [0.15, 0.2) is 12.5 Å². The third-order valence-corrected chi connectivity index (χ3v) is 12.1. The van der Waals surface area contributed by atoms with Crippen LogP contribution in [0.1, 0.15) is 47.2 Å². The van der Waals surface area contributed by atoms with E-state index >= 15 is 0 Å². The minimum Gasteiger partial charge on any atom is -0.468 e. The molecule has 0 unspecified atom stereocenters. The lowest BCUT2D eigenvalue weighted by Crippen LogP contribution is -2.73. The average Bonchev–Trinajstić information content (AvgIpc) is 3.33. The van der Waals surface area contributed by atoms with Gasteiger partial charge in [-0.2, -0.15) is 0 Å². The van der Waals surface area contributed by atoms with Gasteiger partial charge in [-0.1, -0.05) is 196 Å². The van der Waals surface area contributed by atoms with Crippen LogP contribution in [0.25, 0.3) is 0 Å². The van der Waals surface area contributed by atoms with E-state index in [0.29, 0.717) is 18.3 Å². The van der Waals surface area contributed by atoms with Crippen LogP contribution in [0, 0.1) is 9.49 Å². The van der Waals surface area contributed by atoms with Gasteiger partial charge in [-0.15, -0.1) is 0 Å². The average molecular weight is 947 g/mol. The maximum absolute atomic E-state index is 12.7. The predicted octanol–water partition coefficient (Wildman–Crippen LogP) is 9.14. The minimum atomic E-state index is -0.732. The van der Waals surface area contributed by atoms with E-state index in [4.69, 9.17) is 9.47 Å². The largest absolute Gasteiger partial charge is 0.468 e. The molecule has 0 bridgehead atoms. The van der Waals surface area contributed by atoms with E-state index in [2.05, 4.69) is 143 Å². The lowest BCUT2D eigenvalue weighted by atomic mass is 9.76. The summed E-state index contributed by atoms with van der Waals surface area (Å²) in [4.78, 5) is 25.4. The molecule has 9 heteroatoms. The molecule has 9 rings (SSSR count). The molecule has 2 saturated heterocycles. The van der Waals surface area contributed by atoms with Crippen LogP contribution in [-0.2, 0) is 25.4 Å². The number of amides is 2. The first kappa shape index (κ1) is 43.5. The molecular formula is C54H51IN4O4. The molecule has 0 aromatic heterocycles. The zero-order valence-corrected chi connectivity index (χ0v) is 37.4. The molecule has 2 aliphatic rings. The van der Waals surface area contributed by atoms with Crippen molar-refractivity contribution in [2.45, 2.75) is 49.5 Å². The fraction of sp³-hybridized carbons (Fsp3) is 0.185. The van der Waals surface area contributed by atoms with E-state index in [-0.39, 0.29) is 18.0 Å². The van der Waals surface area contributed by atoms with Crippen molar-refractivity contribution in [3.63, 3.8) is 0 Å². The van der Waals surface area contributed by atoms with E-state index < -0.39 is 29.4 Å². The smallest absolute Gasteiger partial charge is 0.245 e. The second-order valence-corrected chi connectivity index (χ2v) is 17.3. The molecule has 0 radical (unpaired) electrons. The number of β-lactam (4-membered cyclic amide) rings is 2. The van der Waals surface area contributed by atoms with Crippen LogP contribution in [0.4, 0.5) is 0 Å². The van der Waals surface area contributed by atoms with Gasteiger partial charge in [0.2, 0.25) is 11.8 Å². The van der Waals surface area contributed by atoms with Gasteiger partial charge >= 0.3 is 0 Å². The minimum absolute atomic E-state index is 0.0458. The van der Waals surface area contributed by atoms with E-state index in [1.165, 1.54) is 0 Å². The molecular weight excluding hydrogens is 896 g/mol. The number of hydrogen-bond acceptors (Lipinski definition) is 6. The maximum atomic E-state index is 12.7. The van der Waals surface area contributed by atoms with Crippen LogP contribution < -0.4 is 26.0 Å². The van der Waals surface area contributed by atoms with Gasteiger partial charge in [-0.05, 0) is 86.2 Å². The van der Waals surface area contributed by atoms with Gasteiger partial charge in [0.05, 0.1) is 17.7 Å². The molecule has 2 heterocycles. The Kier molecular flexibility index (Phi) is 13.8. The van der Waals surface area contributed by atoms with Crippen molar-refractivity contribution in [1.82, 2.24) is 21.3 Å². The van der Waals surface area contributed by atoms with Crippen molar-refractivity contribution in [1.29, 1.82) is 0 Å². The Balaban J connectivity index is 0.000000173. The summed E-state index contributed by atoms with van der Waals surface area (Å²) in [6.45, 7) is 4.80. The van der Waals surface area contributed by atoms with Crippen molar-refractivity contribution in [3.8, 4) is 5.75 Å². The molecule has 4 N–H and O–H groups in total. The maximum Gasteiger partial charge on any atom is 0.245 e. The van der Waals surface area contributed by atoms with E-state index in [0.717, 1.165) is 37.0 Å². The zero-order chi connectivity index (χ0) is 43.7. The third kappa shape index (κ3) is 9.47. The number of benzene rings is 7. The predicted molar refractivity (Wildman–Crippen MR) is 257 cm³/mol. The Hall–Kier alpha value is -6.11. The summed E-state index contributed by atoms with van der Waals surface area (Å²) in [5.41, 5.74) is 4.95. The van der Waals surface area contributed by atoms with Gasteiger partial charge < -0.3 is 20.1 Å². The van der Waals surface area contributed by atoms with Gasteiger partial charge in [-0.3, -0.25) is 20.2 Å². The van der Waals surface area contributed by atoms with Crippen molar-refractivity contribution in [2.75, 3.05) is 6.61 Å². The summed E-state index contributed by atoms with van der Waals surface area (Å²) in [6, 6.07) is 68.4. The number of hydrogen-bond donors (Lipinski definition) is 4. The monoisotopic (exact) mass is 946 g/mol. The standard InChI is InChI=1S/C28H24N2O2.C26H27IN2O2/c31-26-25(27(29-26)32-24-19-11-4-12-20-24)30-28(21-13-5-1-6-14-21,22-15-7-2-8-16-22)23-17-9-3-10-18-23;1-18(2)17-31-25-23(24(30)28-25)29-26(19-9-5-3-6-10-19,20-11-7-4-8-12-20)21-13-15-22(27)16-14-21/h1-20,25,27,30H,(H,29,31);3-16,18,23,25,29H,17H2,1-2H3,(H,28,30)/t25-,27+;23-,25-/m11/s1. The number of para-hydroxylation sites is 1. The van der Waals surface area contributed by atoms with Gasteiger partial charge in [0.25, 0.3) is 0 Å². The summed E-state index contributed by atoms with van der Waals surface area (Å²) in [5.74, 6) is 0.977. The number of carbonyl (C=O) groups is 2. The molecule has 8 nitrogen and oxygen atoms in total.